The van der Waals surface area contributed by atoms with Crippen LogP contribution in [0, 0.1) is 0 Å². The van der Waals surface area contributed by atoms with E-state index in [-0.39, 0.29) is 24.4 Å². The van der Waals surface area contributed by atoms with Crippen LogP contribution in [0.4, 0.5) is 0 Å². The molecule has 3 rings (SSSR count). The van der Waals surface area contributed by atoms with Crippen molar-refractivity contribution in [3.63, 3.8) is 0 Å². The fourth-order valence-corrected chi connectivity index (χ4v) is 3.74. The lowest BCUT2D eigenvalue weighted by Crippen LogP contribution is -2.48. The van der Waals surface area contributed by atoms with Gasteiger partial charge in [0, 0.05) is 26.1 Å². The van der Waals surface area contributed by atoms with Crippen molar-refractivity contribution in [2.75, 3.05) is 33.9 Å². The lowest BCUT2D eigenvalue weighted by atomic mass is 10.00. The van der Waals surface area contributed by atoms with Crippen LogP contribution in [0.1, 0.15) is 36.1 Å². The van der Waals surface area contributed by atoms with Gasteiger partial charge in [0.1, 0.15) is 11.5 Å². The molecule has 2 aromatic rings. The third-order valence-electron chi connectivity index (χ3n) is 5.43. The third kappa shape index (κ3) is 5.64. The van der Waals surface area contributed by atoms with E-state index in [1.54, 1.807) is 14.2 Å². The molecule has 29 heavy (non-hydrogen) atoms. The van der Waals surface area contributed by atoms with Crippen LogP contribution in [0.15, 0.2) is 42.5 Å². The van der Waals surface area contributed by atoms with Crippen molar-refractivity contribution in [2.45, 2.75) is 32.2 Å². The summed E-state index contributed by atoms with van der Waals surface area (Å²) >= 11 is 0. The molecule has 0 bridgehead atoms. The first kappa shape index (κ1) is 23.0. The van der Waals surface area contributed by atoms with Gasteiger partial charge in [-0.25, -0.2) is 0 Å². The van der Waals surface area contributed by atoms with E-state index in [2.05, 4.69) is 36.5 Å². The predicted molar refractivity (Wildman–Crippen MR) is 118 cm³/mol. The molecular formula is C23H31ClN2O3. The fraction of sp³-hybridized carbons (Fsp3) is 0.435. The summed E-state index contributed by atoms with van der Waals surface area (Å²) < 4.78 is 10.8. The number of carbonyl (C=O) groups is 1. The Labute approximate surface area is 179 Å². The number of halogens is 1. The largest absolute Gasteiger partial charge is 0.497 e. The zero-order valence-corrected chi connectivity index (χ0v) is 18.3. The minimum Gasteiger partial charge on any atom is -0.497 e. The van der Waals surface area contributed by atoms with Gasteiger partial charge < -0.3 is 19.7 Å². The standard InChI is InChI=1S/C23H30N2O3.ClH/c1-4-17-5-7-18(8-6-17)21-16-24-13-14-25(21)23(26)12-9-19-15-20(27-2)10-11-22(19)28-3;/h5-8,10-11,15,21,24H,4,9,12-14,16H2,1-3H3;1H. The molecule has 6 heteroatoms. The summed E-state index contributed by atoms with van der Waals surface area (Å²) in [6, 6.07) is 14.4. The molecule has 0 saturated carbocycles. The van der Waals surface area contributed by atoms with Crippen molar-refractivity contribution < 1.29 is 14.3 Å². The highest BCUT2D eigenvalue weighted by Crippen LogP contribution is 2.27. The number of hydrogen-bond acceptors (Lipinski definition) is 4. The summed E-state index contributed by atoms with van der Waals surface area (Å²) in [6.07, 6.45) is 2.10. The summed E-state index contributed by atoms with van der Waals surface area (Å²) in [7, 11) is 3.30. The second-order valence-corrected chi connectivity index (χ2v) is 7.08. The Kier molecular flexibility index (Phi) is 8.80. The van der Waals surface area contributed by atoms with E-state index in [1.807, 2.05) is 23.1 Å². The van der Waals surface area contributed by atoms with Crippen LogP contribution in [-0.2, 0) is 17.6 Å². The summed E-state index contributed by atoms with van der Waals surface area (Å²) in [6.45, 7) is 4.51. The maximum Gasteiger partial charge on any atom is 0.223 e. The van der Waals surface area contributed by atoms with Crippen molar-refractivity contribution >= 4 is 18.3 Å². The van der Waals surface area contributed by atoms with Crippen molar-refractivity contribution in [3.8, 4) is 11.5 Å². The lowest BCUT2D eigenvalue weighted by molar-refractivity contribution is -0.134. The predicted octanol–water partition coefficient (Wildman–Crippen LogP) is 3.79. The maximum absolute atomic E-state index is 13.1. The highest BCUT2D eigenvalue weighted by atomic mass is 35.5. The molecule has 5 nitrogen and oxygen atoms in total. The molecule has 2 aromatic carbocycles. The quantitative estimate of drug-likeness (QED) is 0.743. The minimum atomic E-state index is 0. The molecule has 0 radical (unpaired) electrons. The lowest BCUT2D eigenvalue weighted by Gasteiger charge is -2.37. The first-order chi connectivity index (χ1) is 13.7. The van der Waals surface area contributed by atoms with E-state index in [0.717, 1.165) is 43.1 Å². The van der Waals surface area contributed by atoms with Crippen LogP contribution in [0.5, 0.6) is 11.5 Å². The van der Waals surface area contributed by atoms with Crippen molar-refractivity contribution in [1.82, 2.24) is 10.2 Å². The topological polar surface area (TPSA) is 50.8 Å². The van der Waals surface area contributed by atoms with E-state index in [1.165, 1.54) is 11.1 Å². The molecule has 0 aliphatic carbocycles. The number of nitrogens with one attached hydrogen (secondary N) is 1. The highest BCUT2D eigenvalue weighted by Gasteiger charge is 2.27. The monoisotopic (exact) mass is 418 g/mol. The molecule has 1 heterocycles. The molecule has 1 fully saturated rings. The Morgan fingerprint density at radius 1 is 1.14 bits per heavy atom. The summed E-state index contributed by atoms with van der Waals surface area (Å²) in [4.78, 5) is 15.1. The summed E-state index contributed by atoms with van der Waals surface area (Å²) in [5, 5.41) is 3.42. The number of benzene rings is 2. The number of aryl methyl sites for hydroxylation is 2. The first-order valence-corrected chi connectivity index (χ1v) is 9.96. The van der Waals surface area contributed by atoms with Crippen LogP contribution >= 0.6 is 12.4 Å². The molecule has 1 saturated heterocycles. The first-order valence-electron chi connectivity index (χ1n) is 9.96. The Morgan fingerprint density at radius 2 is 1.90 bits per heavy atom. The molecule has 158 valence electrons. The Balaban J connectivity index is 0.00000300. The zero-order chi connectivity index (χ0) is 19.9. The SMILES string of the molecule is CCc1ccc(C2CNCCN2C(=O)CCc2cc(OC)ccc2OC)cc1.Cl. The Morgan fingerprint density at radius 3 is 2.55 bits per heavy atom. The third-order valence-corrected chi connectivity index (χ3v) is 5.43. The maximum atomic E-state index is 13.1. The molecule has 1 unspecified atom stereocenters. The van der Waals surface area contributed by atoms with Gasteiger partial charge in [-0.3, -0.25) is 4.79 Å². The van der Waals surface area contributed by atoms with Gasteiger partial charge in [0.2, 0.25) is 5.91 Å². The zero-order valence-electron chi connectivity index (χ0n) is 17.4. The van der Waals surface area contributed by atoms with Crippen LogP contribution in [0.3, 0.4) is 0 Å². The summed E-state index contributed by atoms with van der Waals surface area (Å²) in [5.74, 6) is 1.75. The van der Waals surface area contributed by atoms with Gasteiger partial charge >= 0.3 is 0 Å². The number of ether oxygens (including phenoxy) is 2. The number of methoxy groups -OCH3 is 2. The van der Waals surface area contributed by atoms with Crippen LogP contribution in [0.25, 0.3) is 0 Å². The molecule has 1 aliphatic rings. The number of rotatable bonds is 7. The molecule has 0 spiro atoms. The second-order valence-electron chi connectivity index (χ2n) is 7.08. The highest BCUT2D eigenvalue weighted by molar-refractivity contribution is 5.85. The number of amides is 1. The average Bonchev–Trinajstić information content (AvgIpc) is 2.77. The second kappa shape index (κ2) is 11.1. The molecular weight excluding hydrogens is 388 g/mol. The van der Waals surface area contributed by atoms with Gasteiger partial charge in [-0.05, 0) is 47.7 Å². The molecule has 1 amide bonds. The van der Waals surface area contributed by atoms with Gasteiger partial charge in [0.15, 0.2) is 0 Å². The van der Waals surface area contributed by atoms with Crippen LogP contribution < -0.4 is 14.8 Å². The van der Waals surface area contributed by atoms with E-state index in [4.69, 9.17) is 9.47 Å². The molecule has 0 aromatic heterocycles. The summed E-state index contributed by atoms with van der Waals surface area (Å²) in [5.41, 5.74) is 3.50. The van der Waals surface area contributed by atoms with Crippen LogP contribution in [0.2, 0.25) is 0 Å². The number of piperazine rings is 1. The minimum absolute atomic E-state index is 0. The Bertz CT molecular complexity index is 795. The van der Waals surface area contributed by atoms with Gasteiger partial charge in [-0.1, -0.05) is 31.2 Å². The number of carbonyl (C=O) groups excluding carboxylic acids is 1. The van der Waals surface area contributed by atoms with E-state index < -0.39 is 0 Å². The van der Waals surface area contributed by atoms with E-state index in [9.17, 15) is 4.79 Å². The average molecular weight is 419 g/mol. The van der Waals surface area contributed by atoms with Crippen molar-refractivity contribution in [2.24, 2.45) is 0 Å². The van der Waals surface area contributed by atoms with Crippen LogP contribution in [-0.4, -0.2) is 44.7 Å². The van der Waals surface area contributed by atoms with Gasteiger partial charge in [0.05, 0.1) is 20.3 Å². The van der Waals surface area contributed by atoms with Gasteiger partial charge in [0.25, 0.3) is 0 Å². The van der Waals surface area contributed by atoms with Crippen molar-refractivity contribution in [3.05, 3.63) is 59.2 Å². The number of hydrogen-bond donors (Lipinski definition) is 1. The smallest absolute Gasteiger partial charge is 0.223 e. The van der Waals surface area contributed by atoms with Gasteiger partial charge in [-0.15, -0.1) is 12.4 Å². The Hall–Kier alpha value is -2.24. The molecule has 1 N–H and O–H groups in total. The molecule has 1 atom stereocenters. The molecule has 1 aliphatic heterocycles. The van der Waals surface area contributed by atoms with E-state index in [0.29, 0.717) is 12.8 Å². The fourth-order valence-electron chi connectivity index (χ4n) is 3.74. The van der Waals surface area contributed by atoms with Crippen molar-refractivity contribution in [1.29, 1.82) is 0 Å². The number of nitrogens with zero attached hydrogens (tertiary/aromatic N) is 1. The van der Waals surface area contributed by atoms with E-state index >= 15 is 0 Å². The normalized spacial score (nSPS) is 16.1. The van der Waals surface area contributed by atoms with Gasteiger partial charge in [-0.2, -0.15) is 0 Å².